The molecule has 5 heteroatoms. The lowest BCUT2D eigenvalue weighted by Gasteiger charge is -2.34. The minimum Gasteiger partial charge on any atom is -0.478 e. The Balaban J connectivity index is 1.37. The molecule has 4 rings (SSSR count). The quantitative estimate of drug-likeness (QED) is 0.369. The van der Waals surface area contributed by atoms with Crippen molar-refractivity contribution in [2.45, 2.75) is 77.5 Å². The van der Waals surface area contributed by atoms with E-state index in [0.717, 1.165) is 40.9 Å². The lowest BCUT2D eigenvalue weighted by Crippen LogP contribution is -2.46. The summed E-state index contributed by atoms with van der Waals surface area (Å²) in [4.78, 5) is 11.8. The maximum atomic E-state index is 11.8. The van der Waals surface area contributed by atoms with E-state index in [9.17, 15) is 15.0 Å². The van der Waals surface area contributed by atoms with E-state index in [0.29, 0.717) is 12.1 Å². The topological polar surface area (TPSA) is 78.8 Å². The van der Waals surface area contributed by atoms with Gasteiger partial charge in [0.05, 0.1) is 24.4 Å². The number of nitrogens with one attached hydrogen (secondary N) is 1. The van der Waals surface area contributed by atoms with Crippen LogP contribution >= 0.6 is 0 Å². The van der Waals surface area contributed by atoms with Crippen LogP contribution in [0, 0.1) is 24.7 Å². The Kier molecular flexibility index (Phi) is 7.99. The maximum absolute atomic E-state index is 11.8. The highest BCUT2D eigenvalue weighted by molar-refractivity contribution is 5.91. The van der Waals surface area contributed by atoms with Gasteiger partial charge in [0, 0.05) is 12.1 Å². The molecule has 0 amide bonds. The van der Waals surface area contributed by atoms with Crippen molar-refractivity contribution in [1.82, 2.24) is 5.32 Å². The van der Waals surface area contributed by atoms with Gasteiger partial charge in [0.25, 0.3) is 0 Å². The van der Waals surface area contributed by atoms with Gasteiger partial charge in [-0.3, -0.25) is 0 Å². The summed E-state index contributed by atoms with van der Waals surface area (Å²) in [6, 6.07) is 13.5. The van der Waals surface area contributed by atoms with Crippen LogP contribution in [0.1, 0.15) is 80.5 Å². The van der Waals surface area contributed by atoms with E-state index in [1.807, 2.05) is 50.2 Å². The molecular formula is C30H41NO4. The number of fused-ring (bicyclic) bond motifs is 2. The van der Waals surface area contributed by atoms with Crippen LogP contribution in [0.15, 0.2) is 42.5 Å². The minimum absolute atomic E-state index is 0.0192. The third-order valence-electron chi connectivity index (χ3n) is 8.25. The largest absolute Gasteiger partial charge is 0.478 e. The van der Waals surface area contributed by atoms with E-state index >= 15 is 0 Å². The van der Waals surface area contributed by atoms with Crippen molar-refractivity contribution in [3.63, 3.8) is 0 Å². The normalized spacial score (nSPS) is 23.4. The van der Waals surface area contributed by atoms with Crippen LogP contribution in [0.2, 0.25) is 0 Å². The molecule has 2 aliphatic carbocycles. The molecule has 0 aromatic heterocycles. The minimum atomic E-state index is -0.947. The lowest BCUT2D eigenvalue weighted by atomic mass is 9.80. The number of aliphatic hydroxyl groups excluding tert-OH is 1. The molecule has 2 saturated carbocycles. The fourth-order valence-electron chi connectivity index (χ4n) is 6.50. The maximum Gasteiger partial charge on any atom is 0.335 e. The molecule has 2 aliphatic rings. The van der Waals surface area contributed by atoms with Crippen molar-refractivity contribution in [1.29, 1.82) is 0 Å². The first-order valence-electron chi connectivity index (χ1n) is 13.1. The van der Waals surface area contributed by atoms with E-state index < -0.39 is 12.1 Å². The summed E-state index contributed by atoms with van der Waals surface area (Å²) in [5, 5.41) is 23.9. The van der Waals surface area contributed by atoms with Gasteiger partial charge in [-0.05, 0) is 99.5 Å². The molecule has 2 aromatic rings. The molecule has 0 saturated heterocycles. The lowest BCUT2D eigenvalue weighted by molar-refractivity contribution is -0.00485. The number of carbonyl (C=O) groups is 1. The summed E-state index contributed by atoms with van der Waals surface area (Å²) in [5.74, 6) is 1.71. The Morgan fingerprint density at radius 3 is 2.51 bits per heavy atom. The Bertz CT molecular complexity index is 1020. The van der Waals surface area contributed by atoms with Crippen molar-refractivity contribution in [2.24, 2.45) is 17.8 Å². The highest BCUT2D eigenvalue weighted by atomic mass is 16.5. The fourth-order valence-corrected chi connectivity index (χ4v) is 6.50. The van der Waals surface area contributed by atoms with Gasteiger partial charge in [0.2, 0.25) is 0 Å². The van der Waals surface area contributed by atoms with Crippen LogP contribution in [0.5, 0.6) is 0 Å². The predicted octanol–water partition coefficient (Wildman–Crippen LogP) is 5.99. The molecular weight excluding hydrogens is 438 g/mol. The second-order valence-corrected chi connectivity index (χ2v) is 11.4. The number of β-amino-alcohol motifs (C(OH)–C–C–N with tert-alkyl or cyclic N) is 1. The van der Waals surface area contributed by atoms with Gasteiger partial charge in [-0.15, -0.1) is 0 Å². The molecule has 3 unspecified atom stereocenters. The SMILES string of the molecule is Cc1c(C(=O)O)ccc(-c2ccccc2)c1C(C)OC[C@H](O)CNC(C)(C)C[C@H]1CC2CCC1C2. The smallest absolute Gasteiger partial charge is 0.335 e. The zero-order chi connectivity index (χ0) is 25.2. The molecule has 190 valence electrons. The van der Waals surface area contributed by atoms with Gasteiger partial charge in [0.15, 0.2) is 0 Å². The molecule has 2 bridgehead atoms. The highest BCUT2D eigenvalue weighted by Crippen LogP contribution is 2.50. The van der Waals surface area contributed by atoms with Crippen molar-refractivity contribution >= 4 is 5.97 Å². The number of hydrogen-bond acceptors (Lipinski definition) is 4. The van der Waals surface area contributed by atoms with Crippen molar-refractivity contribution < 1.29 is 19.7 Å². The molecule has 0 aliphatic heterocycles. The van der Waals surface area contributed by atoms with Gasteiger partial charge >= 0.3 is 5.97 Å². The number of aliphatic hydroxyl groups is 1. The zero-order valence-electron chi connectivity index (χ0n) is 21.6. The Hall–Kier alpha value is -2.21. The molecule has 0 heterocycles. The second kappa shape index (κ2) is 10.8. The van der Waals surface area contributed by atoms with Gasteiger partial charge < -0.3 is 20.3 Å². The van der Waals surface area contributed by atoms with Crippen molar-refractivity contribution in [3.8, 4) is 11.1 Å². The summed E-state index contributed by atoms with van der Waals surface area (Å²) in [6.07, 6.45) is 5.76. The van der Waals surface area contributed by atoms with Gasteiger partial charge in [0.1, 0.15) is 0 Å². The molecule has 35 heavy (non-hydrogen) atoms. The summed E-state index contributed by atoms with van der Waals surface area (Å²) in [5.41, 5.74) is 3.79. The van der Waals surface area contributed by atoms with E-state index in [2.05, 4.69) is 19.2 Å². The van der Waals surface area contributed by atoms with Crippen molar-refractivity contribution in [2.75, 3.05) is 13.2 Å². The summed E-state index contributed by atoms with van der Waals surface area (Å²) in [7, 11) is 0. The van der Waals surface area contributed by atoms with Crippen LogP contribution in [0.4, 0.5) is 0 Å². The third-order valence-corrected chi connectivity index (χ3v) is 8.25. The monoisotopic (exact) mass is 479 g/mol. The first kappa shape index (κ1) is 25.9. The number of ether oxygens (including phenoxy) is 1. The summed E-state index contributed by atoms with van der Waals surface area (Å²) in [6.45, 7) is 8.90. The number of benzene rings is 2. The van der Waals surface area contributed by atoms with E-state index in [4.69, 9.17) is 4.74 Å². The molecule has 3 N–H and O–H groups in total. The van der Waals surface area contributed by atoms with Crippen LogP contribution < -0.4 is 5.32 Å². The van der Waals surface area contributed by atoms with Crippen LogP contribution in [-0.4, -0.2) is 41.0 Å². The molecule has 0 radical (unpaired) electrons. The molecule has 2 fully saturated rings. The number of carboxylic acids is 1. The average Bonchev–Trinajstić information content (AvgIpc) is 3.44. The Labute approximate surface area is 209 Å². The summed E-state index contributed by atoms with van der Waals surface area (Å²) < 4.78 is 6.12. The molecule has 2 aromatic carbocycles. The number of carboxylic acid groups (broad SMARTS) is 1. The first-order chi connectivity index (χ1) is 16.6. The number of hydrogen-bond donors (Lipinski definition) is 3. The standard InChI is InChI=1S/C30H41NO4/c1-19-26(29(33)34)12-13-27(22-8-6-5-7-9-22)28(19)20(2)35-18-25(32)17-31-30(3,4)16-24-15-21-10-11-23(24)14-21/h5-9,12-13,20-21,23-25,31-32H,10-11,14-18H2,1-4H3,(H,33,34)/t20?,21?,23?,24-,25-/m1/s1. The zero-order valence-corrected chi connectivity index (χ0v) is 21.6. The molecule has 5 nitrogen and oxygen atoms in total. The number of aromatic carboxylic acids is 1. The predicted molar refractivity (Wildman–Crippen MR) is 140 cm³/mol. The van der Waals surface area contributed by atoms with Gasteiger partial charge in [-0.25, -0.2) is 4.79 Å². The molecule has 0 spiro atoms. The second-order valence-electron chi connectivity index (χ2n) is 11.4. The first-order valence-corrected chi connectivity index (χ1v) is 13.1. The van der Waals surface area contributed by atoms with E-state index in [1.165, 1.54) is 25.7 Å². The van der Waals surface area contributed by atoms with Gasteiger partial charge in [-0.2, -0.15) is 0 Å². The van der Waals surface area contributed by atoms with Crippen LogP contribution in [-0.2, 0) is 4.74 Å². The third kappa shape index (κ3) is 6.14. The average molecular weight is 480 g/mol. The summed E-state index contributed by atoms with van der Waals surface area (Å²) >= 11 is 0. The Morgan fingerprint density at radius 2 is 1.89 bits per heavy atom. The van der Waals surface area contributed by atoms with Crippen LogP contribution in [0.25, 0.3) is 11.1 Å². The van der Waals surface area contributed by atoms with E-state index in [1.54, 1.807) is 6.07 Å². The van der Waals surface area contributed by atoms with E-state index in [-0.39, 0.29) is 23.8 Å². The van der Waals surface area contributed by atoms with Crippen LogP contribution in [0.3, 0.4) is 0 Å². The number of rotatable bonds is 11. The highest BCUT2D eigenvalue weighted by Gasteiger charge is 2.41. The Morgan fingerprint density at radius 1 is 1.14 bits per heavy atom. The van der Waals surface area contributed by atoms with Gasteiger partial charge in [-0.1, -0.05) is 42.8 Å². The van der Waals surface area contributed by atoms with Crippen molar-refractivity contribution in [3.05, 3.63) is 59.2 Å². The fraction of sp³-hybridized carbons (Fsp3) is 0.567. The molecule has 5 atom stereocenters.